The van der Waals surface area contributed by atoms with Gasteiger partial charge >= 0.3 is 17.9 Å². The molecular formula is C32H52FNO12. The van der Waals surface area contributed by atoms with E-state index in [2.05, 4.69) is 5.32 Å². The van der Waals surface area contributed by atoms with Gasteiger partial charge < -0.3 is 43.2 Å². The summed E-state index contributed by atoms with van der Waals surface area (Å²) < 4.78 is 62.8. The third-order valence-corrected chi connectivity index (χ3v) is 9.34. The van der Waals surface area contributed by atoms with Crippen LogP contribution in [0.1, 0.15) is 82.1 Å². The summed E-state index contributed by atoms with van der Waals surface area (Å²) in [5.74, 6) is -3.37. The van der Waals surface area contributed by atoms with Crippen LogP contribution in [0.2, 0.25) is 0 Å². The van der Waals surface area contributed by atoms with Gasteiger partial charge in [-0.05, 0) is 24.7 Å². The van der Waals surface area contributed by atoms with Crippen molar-refractivity contribution < 1.29 is 61.5 Å². The van der Waals surface area contributed by atoms with Crippen LogP contribution in [0.3, 0.4) is 0 Å². The van der Waals surface area contributed by atoms with E-state index in [4.69, 9.17) is 37.9 Å². The molecule has 1 amide bonds. The molecule has 264 valence electrons. The molecule has 6 unspecified atom stereocenters. The molecule has 3 fully saturated rings. The van der Waals surface area contributed by atoms with Gasteiger partial charge in [-0.15, -0.1) is 0 Å². The Kier molecular flexibility index (Phi) is 13.8. The molecule has 0 saturated carbocycles. The molecule has 0 aliphatic carbocycles. The van der Waals surface area contributed by atoms with Crippen LogP contribution in [0.5, 0.6) is 0 Å². The molecule has 13 nitrogen and oxygen atoms in total. The van der Waals surface area contributed by atoms with Gasteiger partial charge in [0.25, 0.3) is 0 Å². The average Bonchev–Trinajstić information content (AvgIpc) is 2.97. The van der Waals surface area contributed by atoms with E-state index in [0.29, 0.717) is 12.8 Å². The van der Waals surface area contributed by atoms with Crippen molar-refractivity contribution in [3.63, 3.8) is 0 Å². The number of alkyl halides is 1. The van der Waals surface area contributed by atoms with Gasteiger partial charge in [0.05, 0.1) is 24.4 Å². The van der Waals surface area contributed by atoms with Crippen molar-refractivity contribution in [2.24, 2.45) is 23.7 Å². The van der Waals surface area contributed by atoms with E-state index in [9.17, 15) is 19.2 Å². The van der Waals surface area contributed by atoms with Gasteiger partial charge in [0, 0.05) is 39.5 Å². The monoisotopic (exact) mass is 661 g/mol. The molecule has 0 aromatic carbocycles. The lowest BCUT2D eigenvalue weighted by atomic mass is 9.82. The highest BCUT2D eigenvalue weighted by molar-refractivity contribution is 5.73. The molecule has 0 spiro atoms. The van der Waals surface area contributed by atoms with E-state index in [1.807, 2.05) is 34.6 Å². The Labute approximate surface area is 270 Å². The molecule has 3 saturated heterocycles. The fourth-order valence-corrected chi connectivity index (χ4v) is 6.70. The summed E-state index contributed by atoms with van der Waals surface area (Å²) in [6, 6.07) is -0.761. The first-order chi connectivity index (χ1) is 21.6. The Hall–Kier alpha value is -2.39. The first-order valence-corrected chi connectivity index (χ1v) is 16.3. The minimum absolute atomic E-state index is 0.0275. The summed E-state index contributed by atoms with van der Waals surface area (Å²) in [6.45, 7) is 16.2. The zero-order valence-electron chi connectivity index (χ0n) is 28.6. The highest BCUT2D eigenvalue weighted by atomic mass is 19.1. The molecule has 3 aliphatic heterocycles. The van der Waals surface area contributed by atoms with Crippen molar-refractivity contribution in [3.05, 3.63) is 0 Å². The molecule has 14 heteroatoms. The van der Waals surface area contributed by atoms with Crippen LogP contribution in [-0.4, -0.2) is 98.1 Å². The summed E-state index contributed by atoms with van der Waals surface area (Å²) in [4.78, 5) is 48.2. The highest BCUT2D eigenvalue weighted by Crippen LogP contribution is 2.40. The van der Waals surface area contributed by atoms with Crippen molar-refractivity contribution in [2.45, 2.75) is 150 Å². The Bertz CT molecular complexity index is 1060. The Morgan fingerprint density at radius 1 is 0.630 bits per heavy atom. The van der Waals surface area contributed by atoms with Gasteiger partial charge in [-0.2, -0.15) is 0 Å². The summed E-state index contributed by atoms with van der Waals surface area (Å²) in [5, 5.41) is 2.89. The smallest absolute Gasteiger partial charge is 0.303 e. The molecule has 0 aromatic rings. The second-order valence-electron chi connectivity index (χ2n) is 12.7. The number of hydrogen-bond donors (Lipinski definition) is 1. The van der Waals surface area contributed by atoms with Crippen LogP contribution < -0.4 is 5.32 Å². The van der Waals surface area contributed by atoms with Gasteiger partial charge in [-0.25, -0.2) is 4.39 Å². The average molecular weight is 662 g/mol. The van der Waals surface area contributed by atoms with Crippen molar-refractivity contribution in [1.82, 2.24) is 5.32 Å². The largest absolute Gasteiger partial charge is 0.463 e. The second kappa shape index (κ2) is 16.6. The fraction of sp³-hybridized carbons (Fsp3) is 0.875. The molecule has 15 atom stereocenters. The van der Waals surface area contributed by atoms with E-state index < -0.39 is 91.3 Å². The van der Waals surface area contributed by atoms with Gasteiger partial charge in [-0.3, -0.25) is 19.2 Å². The van der Waals surface area contributed by atoms with Gasteiger partial charge in [0.15, 0.2) is 18.7 Å². The third kappa shape index (κ3) is 9.15. The lowest BCUT2D eigenvalue weighted by molar-refractivity contribution is -0.349. The van der Waals surface area contributed by atoms with Crippen LogP contribution in [0, 0.1) is 23.7 Å². The zero-order chi connectivity index (χ0) is 34.5. The summed E-state index contributed by atoms with van der Waals surface area (Å²) >= 11 is 0. The van der Waals surface area contributed by atoms with Gasteiger partial charge in [-0.1, -0.05) is 41.5 Å². The predicted molar refractivity (Wildman–Crippen MR) is 159 cm³/mol. The van der Waals surface area contributed by atoms with E-state index in [0.717, 1.165) is 0 Å². The first kappa shape index (κ1) is 38.1. The number of halogens is 1. The number of esters is 3. The molecule has 3 aliphatic rings. The molecule has 0 radical (unpaired) electrons. The summed E-state index contributed by atoms with van der Waals surface area (Å²) in [5.41, 5.74) is 0. The minimum atomic E-state index is -1.68. The standard InChI is InChI=1S/C32H52FNO12/c1-11-22-14(3)15(4)28(30(33)42-22)46-31-25(34-18(7)35)16(5)26(23(12-2)43-31)45-32-29(41-21(10)38)17(6)27(40-20(9)37)24(44-32)13-39-19(8)36/h14-17,22-32H,11-13H2,1-10H3,(H,34,35)/t14-,15-,16+,17-,22?,23?,24?,25?,26-,27+,28?,29?,30-,31-,32-/m0/s1. The van der Waals surface area contributed by atoms with Gasteiger partial charge in [0.1, 0.15) is 24.9 Å². The van der Waals surface area contributed by atoms with E-state index >= 15 is 4.39 Å². The van der Waals surface area contributed by atoms with Crippen molar-refractivity contribution in [3.8, 4) is 0 Å². The minimum Gasteiger partial charge on any atom is -0.463 e. The van der Waals surface area contributed by atoms with Crippen LogP contribution in [0.25, 0.3) is 0 Å². The second-order valence-corrected chi connectivity index (χ2v) is 12.7. The van der Waals surface area contributed by atoms with Crippen molar-refractivity contribution >= 4 is 23.8 Å². The predicted octanol–water partition coefficient (Wildman–Crippen LogP) is 3.20. The first-order valence-electron chi connectivity index (χ1n) is 16.3. The maximum Gasteiger partial charge on any atom is 0.303 e. The van der Waals surface area contributed by atoms with Crippen LogP contribution in [0.4, 0.5) is 4.39 Å². The molecule has 3 rings (SSSR count). The summed E-state index contributed by atoms with van der Waals surface area (Å²) in [7, 11) is 0. The normalized spacial score (nSPS) is 41.2. The number of rotatable bonds is 11. The van der Waals surface area contributed by atoms with Gasteiger partial charge in [0.2, 0.25) is 12.3 Å². The van der Waals surface area contributed by atoms with Crippen LogP contribution in [-0.2, 0) is 57.1 Å². The highest BCUT2D eigenvalue weighted by Gasteiger charge is 2.53. The molecular weight excluding hydrogens is 609 g/mol. The maximum atomic E-state index is 15.3. The third-order valence-electron chi connectivity index (χ3n) is 9.34. The van der Waals surface area contributed by atoms with E-state index in [1.54, 1.807) is 6.92 Å². The topological polar surface area (TPSA) is 154 Å². The Morgan fingerprint density at radius 2 is 1.20 bits per heavy atom. The number of hydrogen-bond acceptors (Lipinski definition) is 12. The summed E-state index contributed by atoms with van der Waals surface area (Å²) in [6.07, 6.45) is -8.18. The quantitative estimate of drug-likeness (QED) is 0.256. The molecule has 1 N–H and O–H groups in total. The van der Waals surface area contributed by atoms with Crippen molar-refractivity contribution in [1.29, 1.82) is 0 Å². The maximum absolute atomic E-state index is 15.3. The zero-order valence-corrected chi connectivity index (χ0v) is 28.6. The van der Waals surface area contributed by atoms with Crippen LogP contribution >= 0.6 is 0 Å². The lowest BCUT2D eigenvalue weighted by Gasteiger charge is -2.50. The number of nitrogens with one attached hydrogen (secondary N) is 1. The number of carbonyl (C=O) groups excluding carboxylic acids is 4. The number of ether oxygens (including phenoxy) is 8. The fourth-order valence-electron chi connectivity index (χ4n) is 6.70. The van der Waals surface area contributed by atoms with E-state index in [-0.39, 0.29) is 30.5 Å². The number of carbonyl (C=O) groups is 4. The van der Waals surface area contributed by atoms with Crippen molar-refractivity contribution in [2.75, 3.05) is 6.61 Å². The molecule has 46 heavy (non-hydrogen) atoms. The Morgan fingerprint density at radius 3 is 1.74 bits per heavy atom. The Balaban J connectivity index is 1.91. The number of amides is 1. The molecule has 0 bridgehead atoms. The van der Waals surface area contributed by atoms with E-state index in [1.165, 1.54) is 27.7 Å². The molecule has 3 heterocycles. The molecule has 0 aromatic heterocycles. The van der Waals surface area contributed by atoms with Crippen LogP contribution in [0.15, 0.2) is 0 Å². The SMILES string of the molecule is CCC1O[C@H](F)C(O[C@@H]2OC(CC)[C@@H](O[C@@H]3OC(COC(C)=O)[C@H](OC(C)=O)[C@H](C)C3OC(C)=O)[C@H](C)C2NC(C)=O)[C@@H](C)[C@@H]1C. The lowest BCUT2D eigenvalue weighted by Crippen LogP contribution is -2.65.